The SMILES string of the molecule is COC(=O)c1ccc(OCC2CCN(c3cc(OC)ccc3OC)C2=O)cc1. The Hall–Kier alpha value is -3.22. The summed E-state index contributed by atoms with van der Waals surface area (Å²) in [4.78, 5) is 26.0. The smallest absolute Gasteiger partial charge is 0.337 e. The van der Waals surface area contributed by atoms with E-state index < -0.39 is 5.97 Å². The minimum atomic E-state index is -0.402. The molecule has 2 aromatic carbocycles. The summed E-state index contributed by atoms with van der Waals surface area (Å²) < 4.78 is 21.1. The normalized spacial score (nSPS) is 16.0. The maximum absolute atomic E-state index is 12.9. The lowest BCUT2D eigenvalue weighted by molar-refractivity contribution is -0.121. The number of amides is 1. The minimum Gasteiger partial charge on any atom is -0.497 e. The van der Waals surface area contributed by atoms with Crippen LogP contribution in [0.25, 0.3) is 0 Å². The lowest BCUT2D eigenvalue weighted by Crippen LogP contribution is -2.29. The van der Waals surface area contributed by atoms with Crippen LogP contribution in [0.5, 0.6) is 17.2 Å². The van der Waals surface area contributed by atoms with Crippen LogP contribution in [0.4, 0.5) is 5.69 Å². The van der Waals surface area contributed by atoms with Gasteiger partial charge in [-0.3, -0.25) is 4.79 Å². The zero-order valence-electron chi connectivity index (χ0n) is 16.1. The topological polar surface area (TPSA) is 74.3 Å². The minimum absolute atomic E-state index is 0.0160. The van der Waals surface area contributed by atoms with Crippen LogP contribution in [-0.2, 0) is 9.53 Å². The first-order valence-electron chi connectivity index (χ1n) is 8.92. The maximum Gasteiger partial charge on any atom is 0.337 e. The molecule has 2 aromatic rings. The summed E-state index contributed by atoms with van der Waals surface area (Å²) in [5.74, 6) is 1.20. The Morgan fingerprint density at radius 3 is 2.39 bits per heavy atom. The van der Waals surface area contributed by atoms with Gasteiger partial charge in [0.05, 0.1) is 45.1 Å². The molecular weight excluding hydrogens is 362 g/mol. The molecule has 1 amide bonds. The van der Waals surface area contributed by atoms with Gasteiger partial charge in [0.15, 0.2) is 0 Å². The Morgan fingerprint density at radius 1 is 1.04 bits per heavy atom. The van der Waals surface area contributed by atoms with E-state index in [1.165, 1.54) is 7.11 Å². The van der Waals surface area contributed by atoms with Crippen molar-refractivity contribution in [2.45, 2.75) is 6.42 Å². The first kappa shape index (κ1) is 19.5. The number of hydrogen-bond acceptors (Lipinski definition) is 6. The van der Waals surface area contributed by atoms with Crippen molar-refractivity contribution in [3.63, 3.8) is 0 Å². The highest BCUT2D eigenvalue weighted by atomic mass is 16.5. The van der Waals surface area contributed by atoms with E-state index in [1.807, 2.05) is 0 Å². The van der Waals surface area contributed by atoms with Gasteiger partial charge in [-0.05, 0) is 42.8 Å². The highest BCUT2D eigenvalue weighted by Crippen LogP contribution is 2.36. The fourth-order valence-corrected chi connectivity index (χ4v) is 3.14. The molecule has 1 fully saturated rings. The third-order valence-electron chi connectivity index (χ3n) is 4.72. The molecule has 7 nitrogen and oxygen atoms in total. The van der Waals surface area contributed by atoms with E-state index in [-0.39, 0.29) is 18.4 Å². The van der Waals surface area contributed by atoms with Gasteiger partial charge in [0.25, 0.3) is 0 Å². The van der Waals surface area contributed by atoms with Gasteiger partial charge in [0.2, 0.25) is 5.91 Å². The van der Waals surface area contributed by atoms with E-state index in [0.29, 0.717) is 41.5 Å². The van der Waals surface area contributed by atoms with Crippen molar-refractivity contribution < 1.29 is 28.5 Å². The number of hydrogen-bond donors (Lipinski definition) is 0. The Balaban J connectivity index is 1.65. The fourth-order valence-electron chi connectivity index (χ4n) is 3.14. The standard InChI is InChI=1S/C21H23NO6/c1-25-17-8-9-19(26-2)18(12-17)22-11-10-15(20(22)23)13-28-16-6-4-14(5-7-16)21(24)27-3/h4-9,12,15H,10-11,13H2,1-3H3. The summed E-state index contributed by atoms with van der Waals surface area (Å²) >= 11 is 0. The van der Waals surface area contributed by atoms with Gasteiger partial charge in [-0.25, -0.2) is 4.79 Å². The van der Waals surface area contributed by atoms with Crippen LogP contribution >= 0.6 is 0 Å². The Labute approximate surface area is 163 Å². The number of anilines is 1. The second-order valence-electron chi connectivity index (χ2n) is 6.34. The second kappa shape index (κ2) is 8.65. The monoisotopic (exact) mass is 385 g/mol. The molecule has 0 N–H and O–H groups in total. The Kier molecular flexibility index (Phi) is 6.03. The van der Waals surface area contributed by atoms with Crippen LogP contribution in [0.3, 0.4) is 0 Å². The molecule has 7 heteroatoms. The predicted molar refractivity (Wildman–Crippen MR) is 103 cm³/mol. The van der Waals surface area contributed by atoms with Gasteiger partial charge in [0.1, 0.15) is 17.2 Å². The molecule has 0 spiro atoms. The number of nitrogens with zero attached hydrogens (tertiary/aromatic N) is 1. The van der Waals surface area contributed by atoms with Gasteiger partial charge < -0.3 is 23.8 Å². The first-order chi connectivity index (χ1) is 13.6. The highest BCUT2D eigenvalue weighted by Gasteiger charge is 2.34. The van der Waals surface area contributed by atoms with E-state index in [9.17, 15) is 9.59 Å². The first-order valence-corrected chi connectivity index (χ1v) is 8.92. The molecule has 3 rings (SSSR count). The Morgan fingerprint density at radius 2 is 1.75 bits per heavy atom. The molecule has 1 heterocycles. The number of rotatable bonds is 7. The molecule has 1 unspecified atom stereocenters. The number of carbonyl (C=O) groups is 2. The van der Waals surface area contributed by atoms with Crippen molar-refractivity contribution in [2.24, 2.45) is 5.92 Å². The van der Waals surface area contributed by atoms with Gasteiger partial charge in [-0.1, -0.05) is 0 Å². The molecule has 1 saturated heterocycles. The number of carbonyl (C=O) groups excluding carboxylic acids is 2. The number of esters is 1. The van der Waals surface area contributed by atoms with Crippen LogP contribution in [0.15, 0.2) is 42.5 Å². The van der Waals surface area contributed by atoms with E-state index >= 15 is 0 Å². The van der Waals surface area contributed by atoms with Crippen LogP contribution in [0, 0.1) is 5.92 Å². The largest absolute Gasteiger partial charge is 0.497 e. The second-order valence-corrected chi connectivity index (χ2v) is 6.34. The third-order valence-corrected chi connectivity index (χ3v) is 4.72. The molecule has 0 bridgehead atoms. The highest BCUT2D eigenvalue weighted by molar-refractivity contribution is 5.98. The summed E-state index contributed by atoms with van der Waals surface area (Å²) in [5.41, 5.74) is 1.14. The van der Waals surface area contributed by atoms with Gasteiger partial charge in [0, 0.05) is 12.6 Å². The van der Waals surface area contributed by atoms with Crippen LogP contribution in [-0.4, -0.2) is 46.4 Å². The number of ether oxygens (including phenoxy) is 4. The van der Waals surface area contributed by atoms with Crippen molar-refractivity contribution in [3.05, 3.63) is 48.0 Å². The molecule has 148 valence electrons. The predicted octanol–water partition coefficient (Wildman–Crippen LogP) is 2.92. The van der Waals surface area contributed by atoms with Gasteiger partial charge >= 0.3 is 5.97 Å². The average molecular weight is 385 g/mol. The van der Waals surface area contributed by atoms with E-state index in [4.69, 9.17) is 14.2 Å². The Bertz CT molecular complexity index is 848. The van der Waals surface area contributed by atoms with Gasteiger partial charge in [-0.15, -0.1) is 0 Å². The number of benzene rings is 2. The summed E-state index contributed by atoms with van der Waals surface area (Å²) in [6.07, 6.45) is 0.680. The summed E-state index contributed by atoms with van der Waals surface area (Å²) in [5, 5.41) is 0. The molecule has 0 aromatic heterocycles. The van der Waals surface area contributed by atoms with E-state index in [0.717, 1.165) is 0 Å². The summed E-state index contributed by atoms with van der Waals surface area (Å²) in [6, 6.07) is 12.0. The zero-order chi connectivity index (χ0) is 20.1. The lowest BCUT2D eigenvalue weighted by Gasteiger charge is -2.20. The maximum atomic E-state index is 12.9. The third kappa shape index (κ3) is 4.03. The summed E-state index contributed by atoms with van der Waals surface area (Å²) in [6.45, 7) is 0.844. The van der Waals surface area contributed by atoms with Crippen LogP contribution in [0.1, 0.15) is 16.8 Å². The molecule has 28 heavy (non-hydrogen) atoms. The van der Waals surface area contributed by atoms with E-state index in [1.54, 1.807) is 61.6 Å². The van der Waals surface area contributed by atoms with Crippen molar-refractivity contribution >= 4 is 17.6 Å². The van der Waals surface area contributed by atoms with Crippen LogP contribution < -0.4 is 19.1 Å². The van der Waals surface area contributed by atoms with Crippen molar-refractivity contribution in [2.75, 3.05) is 39.4 Å². The van der Waals surface area contributed by atoms with Crippen LogP contribution in [0.2, 0.25) is 0 Å². The van der Waals surface area contributed by atoms with Crippen molar-refractivity contribution in [3.8, 4) is 17.2 Å². The van der Waals surface area contributed by atoms with Crippen molar-refractivity contribution in [1.29, 1.82) is 0 Å². The zero-order valence-corrected chi connectivity index (χ0v) is 16.1. The number of methoxy groups -OCH3 is 3. The summed E-state index contributed by atoms with van der Waals surface area (Å²) in [7, 11) is 4.49. The van der Waals surface area contributed by atoms with Gasteiger partial charge in [-0.2, -0.15) is 0 Å². The molecular formula is C21H23NO6. The average Bonchev–Trinajstić information content (AvgIpc) is 3.11. The molecule has 0 radical (unpaired) electrons. The quantitative estimate of drug-likeness (QED) is 0.683. The molecule has 1 atom stereocenters. The lowest BCUT2D eigenvalue weighted by atomic mass is 10.1. The molecule has 0 aliphatic carbocycles. The fraction of sp³-hybridized carbons (Fsp3) is 0.333. The molecule has 1 aliphatic heterocycles. The van der Waals surface area contributed by atoms with Crippen molar-refractivity contribution in [1.82, 2.24) is 0 Å². The molecule has 0 saturated carbocycles. The van der Waals surface area contributed by atoms with E-state index in [2.05, 4.69) is 4.74 Å². The molecule has 1 aliphatic rings.